The van der Waals surface area contributed by atoms with Crippen LogP contribution in [0.25, 0.3) is 0 Å². The van der Waals surface area contributed by atoms with Crippen molar-refractivity contribution in [2.24, 2.45) is 5.92 Å². The molecule has 2 aromatic carbocycles. The van der Waals surface area contributed by atoms with Crippen LogP contribution < -0.4 is 0 Å². The predicted molar refractivity (Wildman–Crippen MR) is 100 cm³/mol. The van der Waals surface area contributed by atoms with Gasteiger partial charge in [-0.2, -0.15) is 0 Å². The van der Waals surface area contributed by atoms with Gasteiger partial charge < -0.3 is 0 Å². The number of sulfonamides is 1. The Kier molecular flexibility index (Phi) is 5.68. The molecule has 0 amide bonds. The third-order valence-electron chi connectivity index (χ3n) is 4.83. The Morgan fingerprint density at radius 1 is 0.962 bits per heavy atom. The summed E-state index contributed by atoms with van der Waals surface area (Å²) in [6.07, 6.45) is 2.69. The van der Waals surface area contributed by atoms with E-state index < -0.39 is 14.9 Å². The number of nitrogens with zero attached hydrogens (tertiary/aromatic N) is 2. The van der Waals surface area contributed by atoms with Crippen LogP contribution in [-0.2, 0) is 22.2 Å². The van der Waals surface area contributed by atoms with Gasteiger partial charge in [-0.3, -0.25) is 10.1 Å². The summed E-state index contributed by atoms with van der Waals surface area (Å²) in [7, 11) is -3.40. The molecule has 2 aromatic rings. The molecule has 1 saturated heterocycles. The van der Waals surface area contributed by atoms with E-state index in [2.05, 4.69) is 12.1 Å². The van der Waals surface area contributed by atoms with Crippen molar-refractivity contribution >= 4 is 15.7 Å². The lowest BCUT2D eigenvalue weighted by Crippen LogP contribution is -2.39. The van der Waals surface area contributed by atoms with Crippen molar-refractivity contribution in [1.82, 2.24) is 4.31 Å². The largest absolute Gasteiger partial charge is 0.269 e. The van der Waals surface area contributed by atoms with E-state index in [-0.39, 0.29) is 11.4 Å². The van der Waals surface area contributed by atoms with Gasteiger partial charge in [-0.25, -0.2) is 12.7 Å². The average molecular weight is 374 g/mol. The summed E-state index contributed by atoms with van der Waals surface area (Å²) >= 11 is 0. The van der Waals surface area contributed by atoms with Gasteiger partial charge in [0.05, 0.1) is 10.7 Å². The number of nitro groups is 1. The topological polar surface area (TPSA) is 80.5 Å². The first-order chi connectivity index (χ1) is 12.4. The van der Waals surface area contributed by atoms with Crippen LogP contribution in [0, 0.1) is 16.0 Å². The van der Waals surface area contributed by atoms with Crippen molar-refractivity contribution in [2.45, 2.75) is 25.0 Å². The number of piperidine rings is 1. The summed E-state index contributed by atoms with van der Waals surface area (Å²) in [6.45, 7) is 1.07. The molecule has 0 unspecified atom stereocenters. The van der Waals surface area contributed by atoms with Crippen LogP contribution in [0.1, 0.15) is 24.0 Å². The average Bonchev–Trinajstić information content (AvgIpc) is 2.63. The van der Waals surface area contributed by atoms with E-state index in [4.69, 9.17) is 0 Å². The van der Waals surface area contributed by atoms with Gasteiger partial charge in [0, 0.05) is 25.2 Å². The first kappa shape index (κ1) is 18.5. The fourth-order valence-electron chi connectivity index (χ4n) is 3.35. The summed E-state index contributed by atoms with van der Waals surface area (Å²) in [5.74, 6) is 0.386. The van der Waals surface area contributed by atoms with Gasteiger partial charge in [-0.05, 0) is 36.3 Å². The molecule has 6 nitrogen and oxygen atoms in total. The highest BCUT2D eigenvalue weighted by atomic mass is 32.2. The second-order valence-electron chi connectivity index (χ2n) is 6.71. The maximum absolute atomic E-state index is 12.6. The molecule has 1 aliphatic rings. The smallest absolute Gasteiger partial charge is 0.258 e. The summed E-state index contributed by atoms with van der Waals surface area (Å²) in [6, 6.07) is 16.0. The molecular formula is C19H22N2O4S. The first-order valence-electron chi connectivity index (χ1n) is 8.69. The summed E-state index contributed by atoms with van der Waals surface area (Å²) in [5.41, 5.74) is 1.83. The molecule has 0 aromatic heterocycles. The van der Waals surface area contributed by atoms with Gasteiger partial charge in [-0.1, -0.05) is 42.5 Å². The Balaban J connectivity index is 1.56. The van der Waals surface area contributed by atoms with Crippen molar-refractivity contribution in [3.63, 3.8) is 0 Å². The van der Waals surface area contributed by atoms with Crippen molar-refractivity contribution in [3.8, 4) is 0 Å². The van der Waals surface area contributed by atoms with Crippen molar-refractivity contribution in [1.29, 1.82) is 0 Å². The molecule has 0 aliphatic carbocycles. The minimum absolute atomic E-state index is 0.0344. The highest BCUT2D eigenvalue weighted by molar-refractivity contribution is 7.88. The second-order valence-corrected chi connectivity index (χ2v) is 8.68. The fraction of sp³-hybridized carbons (Fsp3) is 0.368. The molecule has 138 valence electrons. The van der Waals surface area contributed by atoms with E-state index in [9.17, 15) is 18.5 Å². The SMILES string of the molecule is O=[N+]([O-])c1ccc(CS(=O)(=O)N2CCC(Cc3ccccc3)CC2)cc1. The van der Waals surface area contributed by atoms with Crippen molar-refractivity contribution in [2.75, 3.05) is 13.1 Å². The molecule has 1 fully saturated rings. The zero-order valence-electron chi connectivity index (χ0n) is 14.5. The Bertz CT molecular complexity index is 843. The first-order valence-corrected chi connectivity index (χ1v) is 10.3. The molecule has 0 atom stereocenters. The van der Waals surface area contributed by atoms with Gasteiger partial charge in [0.2, 0.25) is 10.0 Å². The zero-order chi connectivity index (χ0) is 18.6. The third-order valence-corrected chi connectivity index (χ3v) is 6.68. The molecule has 3 rings (SSSR count). The number of non-ortho nitro benzene ring substituents is 1. The summed E-state index contributed by atoms with van der Waals surface area (Å²) in [4.78, 5) is 10.2. The number of hydrogen-bond acceptors (Lipinski definition) is 4. The molecule has 0 N–H and O–H groups in total. The molecular weight excluding hydrogens is 352 g/mol. The zero-order valence-corrected chi connectivity index (χ0v) is 15.3. The number of nitro benzene ring substituents is 1. The second kappa shape index (κ2) is 7.97. The van der Waals surface area contributed by atoms with Crippen molar-refractivity contribution < 1.29 is 13.3 Å². The van der Waals surface area contributed by atoms with E-state index >= 15 is 0 Å². The standard InChI is InChI=1S/C19H22N2O4S/c22-21(23)19-8-6-18(7-9-19)15-26(24,25)20-12-10-17(11-13-20)14-16-4-2-1-3-5-16/h1-9,17H,10-15H2. The van der Waals surface area contributed by atoms with E-state index in [0.29, 0.717) is 24.6 Å². The summed E-state index contributed by atoms with van der Waals surface area (Å²) in [5, 5.41) is 10.7. The highest BCUT2D eigenvalue weighted by Gasteiger charge is 2.28. The Morgan fingerprint density at radius 2 is 1.58 bits per heavy atom. The van der Waals surface area contributed by atoms with Crippen LogP contribution >= 0.6 is 0 Å². The van der Waals surface area contributed by atoms with Gasteiger partial charge in [0.25, 0.3) is 5.69 Å². The number of benzene rings is 2. The van der Waals surface area contributed by atoms with E-state index in [1.54, 1.807) is 4.31 Å². The molecule has 1 heterocycles. The lowest BCUT2D eigenvalue weighted by Gasteiger charge is -2.31. The quantitative estimate of drug-likeness (QED) is 0.573. The van der Waals surface area contributed by atoms with Crippen molar-refractivity contribution in [3.05, 3.63) is 75.8 Å². The van der Waals surface area contributed by atoms with E-state index in [1.807, 2.05) is 18.2 Å². The lowest BCUT2D eigenvalue weighted by molar-refractivity contribution is -0.384. The monoisotopic (exact) mass is 374 g/mol. The van der Waals surface area contributed by atoms with E-state index in [0.717, 1.165) is 19.3 Å². The fourth-order valence-corrected chi connectivity index (χ4v) is 4.92. The van der Waals surface area contributed by atoms with Crippen LogP contribution in [0.4, 0.5) is 5.69 Å². The number of hydrogen-bond donors (Lipinski definition) is 0. The highest BCUT2D eigenvalue weighted by Crippen LogP contribution is 2.25. The van der Waals surface area contributed by atoms with Crippen LogP contribution in [0.3, 0.4) is 0 Å². The van der Waals surface area contributed by atoms with Gasteiger partial charge in [-0.15, -0.1) is 0 Å². The van der Waals surface area contributed by atoms with Crippen LogP contribution in [-0.4, -0.2) is 30.7 Å². The third kappa shape index (κ3) is 4.68. The Labute approximate surface area is 153 Å². The lowest BCUT2D eigenvalue weighted by atomic mass is 9.91. The van der Waals surface area contributed by atoms with E-state index in [1.165, 1.54) is 29.8 Å². The summed E-state index contributed by atoms with van der Waals surface area (Å²) < 4.78 is 26.8. The molecule has 0 bridgehead atoms. The maximum atomic E-state index is 12.6. The van der Waals surface area contributed by atoms with Gasteiger partial charge >= 0.3 is 0 Å². The van der Waals surface area contributed by atoms with Crippen LogP contribution in [0.15, 0.2) is 54.6 Å². The Hall–Kier alpha value is -2.25. The van der Waals surface area contributed by atoms with Gasteiger partial charge in [0.1, 0.15) is 0 Å². The minimum Gasteiger partial charge on any atom is -0.258 e. The normalized spacial score (nSPS) is 16.5. The van der Waals surface area contributed by atoms with Crippen LogP contribution in [0.5, 0.6) is 0 Å². The Morgan fingerprint density at radius 3 is 2.15 bits per heavy atom. The predicted octanol–water partition coefficient (Wildman–Crippen LogP) is 3.38. The van der Waals surface area contributed by atoms with Gasteiger partial charge in [0.15, 0.2) is 0 Å². The minimum atomic E-state index is -3.40. The maximum Gasteiger partial charge on any atom is 0.269 e. The molecule has 7 heteroatoms. The van der Waals surface area contributed by atoms with Crippen LogP contribution in [0.2, 0.25) is 0 Å². The number of rotatable bonds is 6. The molecule has 0 saturated carbocycles. The molecule has 1 aliphatic heterocycles. The molecule has 0 spiro atoms. The molecule has 0 radical (unpaired) electrons. The molecule has 26 heavy (non-hydrogen) atoms.